The number of nitrogens with one attached hydrogen (secondary N) is 1. The summed E-state index contributed by atoms with van der Waals surface area (Å²) in [5, 5.41) is 4.65. The van der Waals surface area contributed by atoms with Crippen LogP contribution < -0.4 is 5.32 Å². The van der Waals surface area contributed by atoms with Crippen LogP contribution in [0.4, 0.5) is 14.5 Å². The molecule has 1 aliphatic heterocycles. The molecule has 6 heteroatoms. The molecule has 30 heavy (non-hydrogen) atoms. The Morgan fingerprint density at radius 3 is 2.67 bits per heavy atom. The van der Waals surface area contributed by atoms with E-state index in [-0.39, 0.29) is 30.5 Å². The van der Waals surface area contributed by atoms with Crippen LogP contribution in [0, 0.1) is 17.6 Å². The van der Waals surface area contributed by atoms with E-state index in [2.05, 4.69) is 5.32 Å². The molecule has 3 aromatic carbocycles. The SMILES string of the molecule is O=C(Nc1ccc(F)cc1F)C1CCCN(C(=O)Cc2cccc3ccccc23)C1. The highest BCUT2D eigenvalue weighted by molar-refractivity contribution is 5.94. The number of hydrogen-bond donors (Lipinski definition) is 1. The second-order valence-electron chi connectivity index (χ2n) is 7.61. The lowest BCUT2D eigenvalue weighted by atomic mass is 9.95. The summed E-state index contributed by atoms with van der Waals surface area (Å²) >= 11 is 0. The maximum atomic E-state index is 13.8. The molecule has 154 valence electrons. The van der Waals surface area contributed by atoms with Gasteiger partial charge in [-0.15, -0.1) is 0 Å². The Hall–Kier alpha value is -3.28. The molecule has 4 rings (SSSR count). The molecule has 0 spiro atoms. The fraction of sp³-hybridized carbons (Fsp3) is 0.250. The van der Waals surface area contributed by atoms with Gasteiger partial charge in [0, 0.05) is 19.2 Å². The number of amides is 2. The highest BCUT2D eigenvalue weighted by Crippen LogP contribution is 2.23. The van der Waals surface area contributed by atoms with Crippen molar-refractivity contribution in [1.29, 1.82) is 0 Å². The highest BCUT2D eigenvalue weighted by atomic mass is 19.1. The van der Waals surface area contributed by atoms with E-state index < -0.39 is 17.6 Å². The highest BCUT2D eigenvalue weighted by Gasteiger charge is 2.29. The second-order valence-corrected chi connectivity index (χ2v) is 7.61. The molecule has 2 amide bonds. The number of anilines is 1. The maximum Gasteiger partial charge on any atom is 0.229 e. The maximum absolute atomic E-state index is 13.8. The summed E-state index contributed by atoms with van der Waals surface area (Å²) in [6, 6.07) is 16.9. The molecule has 0 radical (unpaired) electrons. The van der Waals surface area contributed by atoms with Crippen molar-refractivity contribution in [1.82, 2.24) is 4.90 Å². The lowest BCUT2D eigenvalue weighted by Crippen LogP contribution is -2.44. The van der Waals surface area contributed by atoms with Crippen molar-refractivity contribution in [3.05, 3.63) is 77.9 Å². The van der Waals surface area contributed by atoms with Crippen LogP contribution in [0.15, 0.2) is 60.7 Å². The van der Waals surface area contributed by atoms with Gasteiger partial charge in [0.2, 0.25) is 11.8 Å². The zero-order valence-electron chi connectivity index (χ0n) is 16.4. The van der Waals surface area contributed by atoms with Gasteiger partial charge in [-0.1, -0.05) is 42.5 Å². The first-order valence-electron chi connectivity index (χ1n) is 10.0. The van der Waals surface area contributed by atoms with Crippen molar-refractivity contribution in [2.75, 3.05) is 18.4 Å². The molecule has 0 aromatic heterocycles. The number of carbonyl (C=O) groups is 2. The summed E-state index contributed by atoms with van der Waals surface area (Å²) in [7, 11) is 0. The standard InChI is InChI=1S/C24H22F2N2O2/c25-19-10-11-22(21(26)14-19)27-24(30)18-8-4-12-28(15-18)23(29)13-17-7-3-6-16-5-1-2-9-20(16)17/h1-3,5-7,9-11,14,18H,4,8,12-13,15H2,(H,27,30). The first-order chi connectivity index (χ1) is 14.5. The molecule has 1 heterocycles. The smallest absolute Gasteiger partial charge is 0.229 e. The van der Waals surface area contributed by atoms with E-state index in [9.17, 15) is 18.4 Å². The third-order valence-electron chi connectivity index (χ3n) is 5.56. The predicted octanol–water partition coefficient (Wildman–Crippen LogP) is 4.54. The van der Waals surface area contributed by atoms with Crippen molar-refractivity contribution in [3.63, 3.8) is 0 Å². The fourth-order valence-corrected chi connectivity index (χ4v) is 3.96. The van der Waals surface area contributed by atoms with Gasteiger partial charge in [0.15, 0.2) is 0 Å². The van der Waals surface area contributed by atoms with Crippen LogP contribution >= 0.6 is 0 Å². The van der Waals surface area contributed by atoms with Crippen molar-refractivity contribution in [2.45, 2.75) is 19.3 Å². The van der Waals surface area contributed by atoms with Crippen LogP contribution in [0.5, 0.6) is 0 Å². The lowest BCUT2D eigenvalue weighted by molar-refractivity contribution is -0.133. The van der Waals surface area contributed by atoms with Crippen molar-refractivity contribution in [3.8, 4) is 0 Å². The number of nitrogens with zero attached hydrogens (tertiary/aromatic N) is 1. The van der Waals surface area contributed by atoms with Gasteiger partial charge >= 0.3 is 0 Å². The van der Waals surface area contributed by atoms with Crippen LogP contribution in [0.3, 0.4) is 0 Å². The van der Waals surface area contributed by atoms with E-state index in [1.54, 1.807) is 4.90 Å². The zero-order chi connectivity index (χ0) is 21.1. The summed E-state index contributed by atoms with van der Waals surface area (Å²) in [5.41, 5.74) is 0.902. The van der Waals surface area contributed by atoms with E-state index >= 15 is 0 Å². The lowest BCUT2D eigenvalue weighted by Gasteiger charge is -2.32. The number of benzene rings is 3. The van der Waals surface area contributed by atoms with Crippen LogP contribution in [-0.4, -0.2) is 29.8 Å². The molecule has 0 saturated carbocycles. The normalized spacial score (nSPS) is 16.5. The van der Waals surface area contributed by atoms with Gasteiger partial charge in [0.1, 0.15) is 11.6 Å². The number of fused-ring (bicyclic) bond motifs is 1. The monoisotopic (exact) mass is 408 g/mol. The number of halogens is 2. The largest absolute Gasteiger partial charge is 0.342 e. The van der Waals surface area contributed by atoms with Gasteiger partial charge in [-0.3, -0.25) is 9.59 Å². The Morgan fingerprint density at radius 1 is 1.03 bits per heavy atom. The van der Waals surface area contributed by atoms with Crippen molar-refractivity contribution >= 4 is 28.3 Å². The first kappa shape index (κ1) is 20.0. The molecule has 1 fully saturated rings. The summed E-state index contributed by atoms with van der Waals surface area (Å²) in [5.74, 6) is -2.34. The Bertz CT molecular complexity index is 1090. The molecular weight excluding hydrogens is 386 g/mol. The van der Waals surface area contributed by atoms with Crippen LogP contribution in [-0.2, 0) is 16.0 Å². The topological polar surface area (TPSA) is 49.4 Å². The molecule has 1 N–H and O–H groups in total. The molecule has 0 bridgehead atoms. The Morgan fingerprint density at radius 2 is 1.83 bits per heavy atom. The minimum atomic E-state index is -0.817. The van der Waals surface area contributed by atoms with Gasteiger partial charge in [-0.05, 0) is 41.3 Å². The molecule has 3 aromatic rings. The quantitative estimate of drug-likeness (QED) is 0.689. The summed E-state index contributed by atoms with van der Waals surface area (Å²) < 4.78 is 26.9. The Balaban J connectivity index is 1.43. The number of hydrogen-bond acceptors (Lipinski definition) is 2. The number of rotatable bonds is 4. The third-order valence-corrected chi connectivity index (χ3v) is 5.56. The average molecular weight is 408 g/mol. The van der Waals surface area contributed by atoms with Gasteiger partial charge in [0.25, 0.3) is 0 Å². The minimum absolute atomic E-state index is 0.0307. The summed E-state index contributed by atoms with van der Waals surface area (Å²) in [4.78, 5) is 27.2. The van der Waals surface area contributed by atoms with Crippen LogP contribution in [0.25, 0.3) is 10.8 Å². The summed E-state index contributed by atoms with van der Waals surface area (Å²) in [6.45, 7) is 0.885. The molecule has 1 atom stereocenters. The molecule has 0 aliphatic carbocycles. The number of likely N-dealkylation sites (tertiary alicyclic amines) is 1. The van der Waals surface area contributed by atoms with Crippen molar-refractivity contribution in [2.24, 2.45) is 5.92 Å². The molecule has 4 nitrogen and oxygen atoms in total. The fourth-order valence-electron chi connectivity index (χ4n) is 3.96. The van der Waals surface area contributed by atoms with Gasteiger partial charge < -0.3 is 10.2 Å². The second kappa shape index (κ2) is 8.61. The Kier molecular flexibility index (Phi) is 5.74. The van der Waals surface area contributed by atoms with E-state index in [0.717, 1.165) is 28.5 Å². The zero-order valence-corrected chi connectivity index (χ0v) is 16.4. The van der Waals surface area contributed by atoms with Gasteiger partial charge in [-0.2, -0.15) is 0 Å². The molecule has 1 unspecified atom stereocenters. The number of carbonyl (C=O) groups excluding carboxylic acids is 2. The Labute approximate surface area is 173 Å². The van der Waals surface area contributed by atoms with E-state index in [0.29, 0.717) is 19.4 Å². The van der Waals surface area contributed by atoms with Gasteiger partial charge in [0.05, 0.1) is 18.0 Å². The number of piperidine rings is 1. The molecule has 1 aliphatic rings. The average Bonchev–Trinajstić information content (AvgIpc) is 2.76. The van der Waals surface area contributed by atoms with Gasteiger partial charge in [-0.25, -0.2) is 8.78 Å². The first-order valence-corrected chi connectivity index (χ1v) is 10.0. The summed E-state index contributed by atoms with van der Waals surface area (Å²) in [6.07, 6.45) is 1.58. The molecule has 1 saturated heterocycles. The van der Waals surface area contributed by atoms with E-state index in [4.69, 9.17) is 0 Å². The minimum Gasteiger partial charge on any atom is -0.342 e. The van der Waals surface area contributed by atoms with Crippen LogP contribution in [0.2, 0.25) is 0 Å². The van der Waals surface area contributed by atoms with Crippen molar-refractivity contribution < 1.29 is 18.4 Å². The predicted molar refractivity (Wildman–Crippen MR) is 112 cm³/mol. The molecular formula is C24H22F2N2O2. The van der Waals surface area contributed by atoms with Crippen LogP contribution in [0.1, 0.15) is 18.4 Å². The van der Waals surface area contributed by atoms with E-state index in [1.807, 2.05) is 42.5 Å². The van der Waals surface area contributed by atoms with E-state index in [1.165, 1.54) is 6.07 Å². The third kappa shape index (κ3) is 4.32.